The molecule has 0 bridgehead atoms. The Kier molecular flexibility index (Phi) is 6.43. The van der Waals surface area contributed by atoms with Gasteiger partial charge in [0.1, 0.15) is 27.7 Å². The van der Waals surface area contributed by atoms with E-state index >= 15 is 0 Å². The van der Waals surface area contributed by atoms with E-state index in [1.54, 1.807) is 0 Å². The van der Waals surface area contributed by atoms with Gasteiger partial charge in [0.25, 0.3) is 0 Å². The molecule has 2 atom stereocenters. The number of halogens is 3. The molecule has 0 radical (unpaired) electrons. The van der Waals surface area contributed by atoms with Crippen molar-refractivity contribution in [2.75, 3.05) is 0 Å². The highest BCUT2D eigenvalue weighted by Crippen LogP contribution is 2.28. The van der Waals surface area contributed by atoms with E-state index in [1.807, 2.05) is 20.8 Å². The minimum atomic E-state index is -1.31. The molecule has 0 aliphatic carbocycles. The molecular weight excluding hydrogens is 304 g/mol. The average molecular weight is 322 g/mol. The van der Waals surface area contributed by atoms with Gasteiger partial charge in [0.15, 0.2) is 0 Å². The molecule has 0 amide bonds. The minimum absolute atomic E-state index is 0.136. The molecule has 0 saturated carbocycles. The molecule has 0 saturated heterocycles. The topological polar surface area (TPSA) is 35.4 Å². The highest BCUT2D eigenvalue weighted by atomic mass is 35.5. The summed E-state index contributed by atoms with van der Waals surface area (Å²) in [6, 6.07) is 3.20. The van der Waals surface area contributed by atoms with Crippen LogP contribution in [0.4, 0.5) is 8.78 Å². The summed E-state index contributed by atoms with van der Waals surface area (Å²) in [5.74, 6) is -1.05. The third kappa shape index (κ3) is 5.38. The van der Waals surface area contributed by atoms with Gasteiger partial charge in [0, 0.05) is 5.56 Å². The van der Waals surface area contributed by atoms with Crippen LogP contribution in [0.1, 0.15) is 44.6 Å². The van der Waals surface area contributed by atoms with Gasteiger partial charge >= 0.3 is 0 Å². The van der Waals surface area contributed by atoms with Crippen molar-refractivity contribution < 1.29 is 13.3 Å². The van der Waals surface area contributed by atoms with Crippen LogP contribution >= 0.6 is 11.6 Å². The number of alkyl halides is 1. The number of hydrogen-bond acceptors (Lipinski definition) is 2. The molecule has 1 aromatic carbocycles. The first-order valence-electron chi connectivity index (χ1n) is 6.25. The smallest absolute Gasteiger partial charge is 0.144 e. The minimum Gasteiger partial charge on any atom is -0.591 e. The first kappa shape index (κ1) is 17.4. The maximum absolute atomic E-state index is 13.5. The zero-order chi connectivity index (χ0) is 15.3. The van der Waals surface area contributed by atoms with E-state index in [4.69, 9.17) is 11.6 Å². The molecule has 1 rings (SSSR count). The lowest BCUT2D eigenvalue weighted by Gasteiger charge is -2.17. The molecule has 0 aliphatic heterocycles. The van der Waals surface area contributed by atoms with Crippen LogP contribution in [-0.2, 0) is 11.4 Å². The van der Waals surface area contributed by atoms with Crippen LogP contribution < -0.4 is 0 Å². The normalized spacial score (nSPS) is 15.6. The molecule has 112 valence electrons. The van der Waals surface area contributed by atoms with Crippen molar-refractivity contribution in [2.45, 2.75) is 43.7 Å². The Hall–Kier alpha value is -0.650. The number of benzene rings is 1. The van der Waals surface area contributed by atoms with Crippen LogP contribution in [0.2, 0.25) is 0 Å². The van der Waals surface area contributed by atoms with E-state index in [9.17, 15) is 13.3 Å². The van der Waals surface area contributed by atoms with Crippen molar-refractivity contribution >= 4 is 29.2 Å². The first-order chi connectivity index (χ1) is 9.21. The maximum atomic E-state index is 13.5. The fourth-order valence-electron chi connectivity index (χ4n) is 1.41. The van der Waals surface area contributed by atoms with Crippen molar-refractivity contribution in [2.24, 2.45) is 4.40 Å². The second kappa shape index (κ2) is 7.38. The van der Waals surface area contributed by atoms with E-state index in [0.717, 1.165) is 18.2 Å². The van der Waals surface area contributed by atoms with Crippen LogP contribution in [-0.4, -0.2) is 15.5 Å². The molecule has 0 spiro atoms. The lowest BCUT2D eigenvalue weighted by Crippen LogP contribution is -2.25. The van der Waals surface area contributed by atoms with E-state index in [-0.39, 0.29) is 5.56 Å². The molecule has 6 heteroatoms. The quantitative estimate of drug-likeness (QED) is 0.445. The van der Waals surface area contributed by atoms with E-state index < -0.39 is 33.1 Å². The molecule has 20 heavy (non-hydrogen) atoms. The van der Waals surface area contributed by atoms with Gasteiger partial charge in [-0.05, 0) is 51.8 Å². The summed E-state index contributed by atoms with van der Waals surface area (Å²) in [5, 5.41) is -0.639. The molecule has 2 nitrogen and oxygen atoms in total. The van der Waals surface area contributed by atoms with Gasteiger partial charge in [-0.3, -0.25) is 0 Å². The number of rotatable bonds is 5. The maximum Gasteiger partial charge on any atom is 0.144 e. The average Bonchev–Trinajstić information content (AvgIpc) is 2.35. The van der Waals surface area contributed by atoms with E-state index in [1.165, 1.54) is 6.21 Å². The molecule has 0 fully saturated rings. The number of nitrogens with zero attached hydrogens (tertiary/aromatic N) is 1. The molecule has 0 aromatic heterocycles. The summed E-state index contributed by atoms with van der Waals surface area (Å²) in [5.41, 5.74) is 0.136. The van der Waals surface area contributed by atoms with Crippen LogP contribution in [0.15, 0.2) is 22.6 Å². The van der Waals surface area contributed by atoms with Crippen molar-refractivity contribution in [3.05, 3.63) is 35.4 Å². The first-order valence-corrected chi connectivity index (χ1v) is 7.79. The van der Waals surface area contributed by atoms with Gasteiger partial charge < -0.3 is 4.55 Å². The monoisotopic (exact) mass is 321 g/mol. The summed E-state index contributed by atoms with van der Waals surface area (Å²) in [7, 11) is 0. The van der Waals surface area contributed by atoms with Gasteiger partial charge in [0.2, 0.25) is 0 Å². The summed E-state index contributed by atoms with van der Waals surface area (Å²) in [6.07, 6.45) is 2.37. The fourth-order valence-corrected chi connectivity index (χ4v) is 2.26. The molecule has 0 N–H and O–H groups in total. The largest absolute Gasteiger partial charge is 0.591 e. The Balaban J connectivity index is 2.54. The molecular formula is C14H18ClF2NOS. The Bertz CT molecular complexity index is 477. The van der Waals surface area contributed by atoms with Crippen LogP contribution in [0.5, 0.6) is 0 Å². The Morgan fingerprint density at radius 1 is 1.40 bits per heavy atom. The second-order valence-corrected chi connectivity index (χ2v) is 7.82. The summed E-state index contributed by atoms with van der Waals surface area (Å²) in [4.78, 5) is 0. The van der Waals surface area contributed by atoms with Gasteiger partial charge in [-0.1, -0.05) is 4.40 Å². The van der Waals surface area contributed by atoms with Gasteiger partial charge in [-0.2, -0.15) is 0 Å². The zero-order valence-electron chi connectivity index (χ0n) is 11.7. The second-order valence-electron chi connectivity index (χ2n) is 5.36. The fraction of sp³-hybridized carbons (Fsp3) is 0.500. The van der Waals surface area contributed by atoms with Crippen LogP contribution in [0.25, 0.3) is 0 Å². The molecule has 0 heterocycles. The highest BCUT2D eigenvalue weighted by Gasteiger charge is 2.25. The van der Waals surface area contributed by atoms with Gasteiger partial charge in [-0.15, -0.1) is 11.6 Å². The van der Waals surface area contributed by atoms with Crippen molar-refractivity contribution in [3.63, 3.8) is 0 Å². The summed E-state index contributed by atoms with van der Waals surface area (Å²) >= 11 is 4.73. The molecule has 0 aliphatic rings. The zero-order valence-corrected chi connectivity index (χ0v) is 13.3. The predicted octanol–water partition coefficient (Wildman–Crippen LogP) is 4.56. The molecule has 1 aromatic rings. The van der Waals surface area contributed by atoms with Crippen molar-refractivity contribution in [1.29, 1.82) is 0 Å². The Labute approximate surface area is 126 Å². The predicted molar refractivity (Wildman–Crippen MR) is 80.6 cm³/mol. The lowest BCUT2D eigenvalue weighted by molar-refractivity contribution is 0.561. The third-order valence-corrected chi connectivity index (χ3v) is 4.38. The number of hydrogen-bond donors (Lipinski definition) is 0. The standard InChI is InChI=1S/C14H18ClF2NOS/c1-14(2,3)20(19)18-8-4-5-12(15)11-9-10(16)6-7-13(11)17/h6-9,12H,4-5H2,1-3H3. The van der Waals surface area contributed by atoms with Gasteiger partial charge in [0.05, 0.1) is 11.6 Å². The third-order valence-electron chi connectivity index (χ3n) is 2.54. The summed E-state index contributed by atoms with van der Waals surface area (Å²) in [6.45, 7) is 5.48. The SMILES string of the molecule is CC(C)(C)[S+]([O-])N=CCCC(Cl)c1cc(F)ccc1F. The van der Waals surface area contributed by atoms with Crippen molar-refractivity contribution in [3.8, 4) is 0 Å². The van der Waals surface area contributed by atoms with Crippen molar-refractivity contribution in [1.82, 2.24) is 0 Å². The van der Waals surface area contributed by atoms with Gasteiger partial charge in [-0.25, -0.2) is 8.78 Å². The van der Waals surface area contributed by atoms with Crippen LogP contribution in [0, 0.1) is 11.6 Å². The van der Waals surface area contributed by atoms with Crippen LogP contribution in [0.3, 0.4) is 0 Å². The Morgan fingerprint density at radius 3 is 2.65 bits per heavy atom. The Morgan fingerprint density at radius 2 is 2.05 bits per heavy atom. The van der Waals surface area contributed by atoms with E-state index in [2.05, 4.69) is 4.40 Å². The molecule has 2 unspecified atom stereocenters. The highest BCUT2D eigenvalue weighted by molar-refractivity contribution is 7.91. The summed E-state index contributed by atoms with van der Waals surface area (Å²) < 4.78 is 41.7. The van der Waals surface area contributed by atoms with E-state index in [0.29, 0.717) is 12.8 Å². The lowest BCUT2D eigenvalue weighted by atomic mass is 10.1.